The number of carboxylic acids is 1. The van der Waals surface area contributed by atoms with E-state index in [2.05, 4.69) is 0 Å². The maximum atomic E-state index is 13.5. The molecule has 5 nitrogen and oxygen atoms in total. The Balaban J connectivity index is 2.46. The van der Waals surface area contributed by atoms with E-state index in [0.717, 1.165) is 16.1 Å². The highest BCUT2D eigenvalue weighted by Gasteiger charge is 2.29. The number of aromatic nitrogens is 1. The molecule has 0 unspecified atom stereocenters. The van der Waals surface area contributed by atoms with Gasteiger partial charge in [-0.15, -0.1) is 0 Å². The first-order valence-corrected chi connectivity index (χ1v) is 8.89. The third-order valence-electron chi connectivity index (χ3n) is 3.31. The molecule has 0 bridgehead atoms. The predicted molar refractivity (Wildman–Crippen MR) is 90.6 cm³/mol. The fourth-order valence-corrected chi connectivity index (χ4v) is 4.93. The van der Waals surface area contributed by atoms with Crippen LogP contribution in [0.1, 0.15) is 10.5 Å². The summed E-state index contributed by atoms with van der Waals surface area (Å²) in [5.41, 5.74) is -0.285. The Bertz CT molecular complexity index is 1030. The third kappa shape index (κ3) is 2.51. The van der Waals surface area contributed by atoms with Crippen molar-refractivity contribution in [3.05, 3.63) is 63.6 Å². The summed E-state index contributed by atoms with van der Waals surface area (Å²) in [6.07, 6.45) is 0. The second-order valence-electron chi connectivity index (χ2n) is 4.71. The Labute approximate surface area is 144 Å². The Morgan fingerprint density at radius 2 is 1.78 bits per heavy atom. The smallest absolute Gasteiger partial charge is 0.354 e. The van der Waals surface area contributed by atoms with Crippen LogP contribution in [0.4, 0.5) is 4.39 Å². The van der Waals surface area contributed by atoms with Crippen molar-refractivity contribution in [2.75, 3.05) is 0 Å². The molecule has 0 radical (unpaired) electrons. The van der Waals surface area contributed by atoms with Gasteiger partial charge in [-0.3, -0.25) is 0 Å². The number of rotatable bonds is 3. The van der Waals surface area contributed by atoms with Crippen LogP contribution in [0.15, 0.2) is 53.4 Å². The monoisotopic (exact) mass is 445 g/mol. The fraction of sp³-hybridized carbons (Fsp3) is 0. The Hall–Kier alpha value is -1.94. The van der Waals surface area contributed by atoms with E-state index >= 15 is 0 Å². The van der Waals surface area contributed by atoms with E-state index in [1.165, 1.54) is 18.2 Å². The van der Waals surface area contributed by atoms with Crippen LogP contribution in [0, 0.1) is 9.39 Å². The minimum Gasteiger partial charge on any atom is -0.477 e. The first-order chi connectivity index (χ1) is 10.8. The van der Waals surface area contributed by atoms with Gasteiger partial charge in [-0.05, 0) is 52.9 Å². The van der Waals surface area contributed by atoms with Gasteiger partial charge in [0.05, 0.1) is 14.0 Å². The summed E-state index contributed by atoms with van der Waals surface area (Å²) in [5.74, 6) is -1.97. The maximum absolute atomic E-state index is 13.5. The van der Waals surface area contributed by atoms with Gasteiger partial charge in [-0.2, -0.15) is 0 Å². The predicted octanol–water partition coefficient (Wildman–Crippen LogP) is 3.32. The van der Waals surface area contributed by atoms with E-state index in [4.69, 9.17) is 0 Å². The van der Waals surface area contributed by atoms with Crippen molar-refractivity contribution in [2.24, 2.45) is 0 Å². The number of carboxylic acid groups (broad SMARTS) is 1. The van der Waals surface area contributed by atoms with Crippen LogP contribution in [-0.4, -0.2) is 23.5 Å². The molecule has 0 amide bonds. The highest BCUT2D eigenvalue weighted by Crippen LogP contribution is 2.32. The van der Waals surface area contributed by atoms with Gasteiger partial charge in [0, 0.05) is 5.39 Å². The lowest BCUT2D eigenvalue weighted by atomic mass is 10.2. The van der Waals surface area contributed by atoms with E-state index in [9.17, 15) is 22.7 Å². The topological polar surface area (TPSA) is 76.4 Å². The molecule has 8 heteroatoms. The number of aromatic carboxylic acids is 1. The molecule has 2 aromatic carbocycles. The van der Waals surface area contributed by atoms with E-state index in [1.54, 1.807) is 40.8 Å². The largest absolute Gasteiger partial charge is 0.477 e. The Morgan fingerprint density at radius 3 is 2.39 bits per heavy atom. The molecule has 1 N–H and O–H groups in total. The minimum atomic E-state index is -4.12. The lowest BCUT2D eigenvalue weighted by Crippen LogP contribution is -2.19. The van der Waals surface area contributed by atoms with Crippen molar-refractivity contribution in [1.82, 2.24) is 3.97 Å². The van der Waals surface area contributed by atoms with Crippen molar-refractivity contribution >= 4 is 49.5 Å². The number of fused-ring (bicyclic) bond motifs is 1. The van der Waals surface area contributed by atoms with E-state index in [0.29, 0.717) is 0 Å². The summed E-state index contributed by atoms with van der Waals surface area (Å²) in [5, 5.41) is 9.68. The van der Waals surface area contributed by atoms with Gasteiger partial charge in [0.1, 0.15) is 5.82 Å². The van der Waals surface area contributed by atoms with Crippen molar-refractivity contribution in [3.63, 3.8) is 0 Å². The minimum absolute atomic E-state index is 0.0416. The molecule has 1 aromatic heterocycles. The second-order valence-corrected chi connectivity index (χ2v) is 7.58. The van der Waals surface area contributed by atoms with Crippen LogP contribution in [-0.2, 0) is 10.0 Å². The van der Waals surface area contributed by atoms with Gasteiger partial charge in [0.25, 0.3) is 10.0 Å². The SMILES string of the molecule is O=C(O)c1c(I)c2cc(F)ccc2n1S(=O)(=O)c1ccccc1. The molecule has 3 rings (SSSR count). The average Bonchev–Trinajstić information content (AvgIpc) is 2.81. The molecule has 0 aliphatic rings. The van der Waals surface area contributed by atoms with E-state index < -0.39 is 27.5 Å². The molecule has 118 valence electrons. The zero-order valence-electron chi connectivity index (χ0n) is 11.4. The number of hydrogen-bond donors (Lipinski definition) is 1. The highest BCUT2D eigenvalue weighted by molar-refractivity contribution is 14.1. The molecule has 0 saturated carbocycles. The molecule has 0 atom stereocenters. The zero-order valence-corrected chi connectivity index (χ0v) is 14.4. The van der Waals surface area contributed by atoms with E-state index in [1.807, 2.05) is 0 Å². The highest BCUT2D eigenvalue weighted by atomic mass is 127. The Morgan fingerprint density at radius 1 is 1.13 bits per heavy atom. The number of carbonyl (C=O) groups is 1. The summed E-state index contributed by atoms with van der Waals surface area (Å²) in [4.78, 5) is 11.5. The normalized spacial score (nSPS) is 11.7. The summed E-state index contributed by atoms with van der Waals surface area (Å²) in [7, 11) is -4.12. The number of nitrogens with zero attached hydrogens (tertiary/aromatic N) is 1. The second kappa shape index (κ2) is 5.60. The van der Waals surface area contributed by atoms with Crippen molar-refractivity contribution < 1.29 is 22.7 Å². The fourth-order valence-electron chi connectivity index (χ4n) is 2.33. The quantitative estimate of drug-likeness (QED) is 0.628. The number of hydrogen-bond acceptors (Lipinski definition) is 3. The Kier molecular flexibility index (Phi) is 3.88. The number of benzene rings is 2. The third-order valence-corrected chi connectivity index (χ3v) is 6.13. The van der Waals surface area contributed by atoms with Gasteiger partial charge in [-0.1, -0.05) is 18.2 Å². The summed E-state index contributed by atoms with van der Waals surface area (Å²) >= 11 is 1.72. The van der Waals surface area contributed by atoms with Gasteiger partial charge in [0.15, 0.2) is 5.69 Å². The number of halogens is 2. The summed E-state index contributed by atoms with van der Waals surface area (Å²) in [6.45, 7) is 0. The molecular formula is C15H9FINO4S. The van der Waals surface area contributed by atoms with Crippen LogP contribution in [0.25, 0.3) is 10.9 Å². The van der Waals surface area contributed by atoms with Gasteiger partial charge >= 0.3 is 5.97 Å². The van der Waals surface area contributed by atoms with Gasteiger partial charge < -0.3 is 5.11 Å². The van der Waals surface area contributed by atoms with Crippen LogP contribution in [0.2, 0.25) is 0 Å². The van der Waals surface area contributed by atoms with Crippen LogP contribution >= 0.6 is 22.6 Å². The lowest BCUT2D eigenvalue weighted by molar-refractivity contribution is 0.0688. The average molecular weight is 445 g/mol. The molecule has 0 aliphatic carbocycles. The van der Waals surface area contributed by atoms with Gasteiger partial charge in [-0.25, -0.2) is 21.6 Å². The van der Waals surface area contributed by atoms with Crippen molar-refractivity contribution in [3.8, 4) is 0 Å². The first-order valence-electron chi connectivity index (χ1n) is 6.37. The van der Waals surface area contributed by atoms with Crippen LogP contribution in [0.5, 0.6) is 0 Å². The first kappa shape index (κ1) is 15.9. The molecule has 1 heterocycles. The molecule has 23 heavy (non-hydrogen) atoms. The van der Waals surface area contributed by atoms with Crippen molar-refractivity contribution in [2.45, 2.75) is 4.90 Å². The lowest BCUT2D eigenvalue weighted by Gasteiger charge is -2.10. The molecular weight excluding hydrogens is 436 g/mol. The molecule has 3 aromatic rings. The molecule has 0 aliphatic heterocycles. The summed E-state index contributed by atoms with van der Waals surface area (Å²) in [6, 6.07) is 11.0. The van der Waals surface area contributed by atoms with E-state index in [-0.39, 0.29) is 19.4 Å². The molecule has 0 spiro atoms. The molecule has 0 saturated heterocycles. The van der Waals surface area contributed by atoms with Crippen molar-refractivity contribution in [1.29, 1.82) is 0 Å². The van der Waals surface area contributed by atoms with Crippen LogP contribution in [0.3, 0.4) is 0 Å². The zero-order chi connectivity index (χ0) is 16.8. The standard InChI is InChI=1S/C15H9FINO4S/c16-9-6-7-12-11(8-9)13(17)14(15(19)20)18(12)23(21,22)10-4-2-1-3-5-10/h1-8H,(H,19,20). The van der Waals surface area contributed by atoms with Crippen LogP contribution < -0.4 is 0 Å². The maximum Gasteiger partial charge on any atom is 0.354 e. The molecule has 0 fully saturated rings. The van der Waals surface area contributed by atoms with Gasteiger partial charge in [0.2, 0.25) is 0 Å². The summed E-state index contributed by atoms with van der Waals surface area (Å²) < 4.78 is 40.1.